The molecule has 0 N–H and O–H groups in total. The standard InChI is InChI=1S/C14H19ClO/c1-11(10-13-8-5-9-16-13)14(15)12-6-3-2-4-7-12/h2-4,6-7,11,13-14H,5,8-10H2,1H3. The van der Waals surface area contributed by atoms with Gasteiger partial charge in [0.05, 0.1) is 11.5 Å². The molecule has 1 aliphatic heterocycles. The summed E-state index contributed by atoms with van der Waals surface area (Å²) >= 11 is 6.48. The summed E-state index contributed by atoms with van der Waals surface area (Å²) in [5.41, 5.74) is 1.22. The van der Waals surface area contributed by atoms with E-state index in [-0.39, 0.29) is 5.38 Å². The normalized spacial score (nSPS) is 24.2. The minimum atomic E-state index is 0.102. The molecule has 88 valence electrons. The van der Waals surface area contributed by atoms with Gasteiger partial charge in [0.15, 0.2) is 0 Å². The SMILES string of the molecule is CC(CC1CCCO1)C(Cl)c1ccccc1. The van der Waals surface area contributed by atoms with Gasteiger partial charge in [0, 0.05) is 6.61 Å². The van der Waals surface area contributed by atoms with Crippen LogP contribution in [-0.2, 0) is 4.74 Å². The molecule has 0 spiro atoms. The van der Waals surface area contributed by atoms with Gasteiger partial charge >= 0.3 is 0 Å². The molecule has 1 saturated heterocycles. The van der Waals surface area contributed by atoms with Crippen molar-refractivity contribution in [3.63, 3.8) is 0 Å². The lowest BCUT2D eigenvalue weighted by Crippen LogP contribution is -2.14. The summed E-state index contributed by atoms with van der Waals surface area (Å²) in [4.78, 5) is 0. The van der Waals surface area contributed by atoms with Crippen LogP contribution >= 0.6 is 11.6 Å². The first-order chi connectivity index (χ1) is 7.77. The van der Waals surface area contributed by atoms with E-state index < -0.39 is 0 Å². The molecule has 2 rings (SSSR count). The van der Waals surface area contributed by atoms with Crippen molar-refractivity contribution < 1.29 is 4.74 Å². The molecule has 2 heteroatoms. The van der Waals surface area contributed by atoms with Gasteiger partial charge in [-0.15, -0.1) is 11.6 Å². The van der Waals surface area contributed by atoms with Gasteiger partial charge in [-0.1, -0.05) is 37.3 Å². The van der Waals surface area contributed by atoms with Crippen LogP contribution in [0.25, 0.3) is 0 Å². The zero-order chi connectivity index (χ0) is 11.4. The highest BCUT2D eigenvalue weighted by atomic mass is 35.5. The van der Waals surface area contributed by atoms with Crippen molar-refractivity contribution in [1.29, 1.82) is 0 Å². The third kappa shape index (κ3) is 2.99. The van der Waals surface area contributed by atoms with Crippen molar-refractivity contribution in [3.8, 4) is 0 Å². The van der Waals surface area contributed by atoms with Crippen LogP contribution in [0, 0.1) is 5.92 Å². The van der Waals surface area contributed by atoms with Gasteiger partial charge in [-0.2, -0.15) is 0 Å². The predicted octanol–water partition coefficient (Wildman–Crippen LogP) is 4.17. The van der Waals surface area contributed by atoms with Crippen LogP contribution in [0.15, 0.2) is 30.3 Å². The van der Waals surface area contributed by atoms with Crippen molar-refractivity contribution in [2.75, 3.05) is 6.61 Å². The summed E-state index contributed by atoms with van der Waals surface area (Å²) in [6.45, 7) is 3.14. The highest BCUT2D eigenvalue weighted by molar-refractivity contribution is 6.20. The van der Waals surface area contributed by atoms with Crippen LogP contribution in [0.3, 0.4) is 0 Å². The fourth-order valence-corrected chi connectivity index (χ4v) is 2.58. The van der Waals surface area contributed by atoms with E-state index >= 15 is 0 Å². The molecule has 0 radical (unpaired) electrons. The Labute approximate surface area is 103 Å². The Morgan fingerprint density at radius 2 is 2.12 bits per heavy atom. The van der Waals surface area contributed by atoms with Crippen molar-refractivity contribution in [3.05, 3.63) is 35.9 Å². The van der Waals surface area contributed by atoms with Gasteiger partial charge in [-0.3, -0.25) is 0 Å². The van der Waals surface area contributed by atoms with Crippen LogP contribution in [-0.4, -0.2) is 12.7 Å². The first-order valence-corrected chi connectivity index (χ1v) is 6.51. The average Bonchev–Trinajstić information content (AvgIpc) is 2.82. The van der Waals surface area contributed by atoms with E-state index in [2.05, 4.69) is 19.1 Å². The molecule has 16 heavy (non-hydrogen) atoms. The lowest BCUT2D eigenvalue weighted by molar-refractivity contribution is 0.0912. The van der Waals surface area contributed by atoms with Gasteiger partial charge in [0.2, 0.25) is 0 Å². The summed E-state index contributed by atoms with van der Waals surface area (Å²) in [7, 11) is 0. The van der Waals surface area contributed by atoms with E-state index in [9.17, 15) is 0 Å². The zero-order valence-electron chi connectivity index (χ0n) is 9.73. The second kappa shape index (κ2) is 5.70. The first kappa shape index (κ1) is 11.9. The molecule has 3 unspecified atom stereocenters. The van der Waals surface area contributed by atoms with Crippen LogP contribution in [0.4, 0.5) is 0 Å². The fourth-order valence-electron chi connectivity index (χ4n) is 2.33. The van der Waals surface area contributed by atoms with E-state index in [1.807, 2.05) is 18.2 Å². The molecule has 1 heterocycles. The molecular formula is C14H19ClO. The number of hydrogen-bond acceptors (Lipinski definition) is 1. The first-order valence-electron chi connectivity index (χ1n) is 6.08. The third-order valence-corrected chi connectivity index (χ3v) is 3.96. The van der Waals surface area contributed by atoms with E-state index in [0.717, 1.165) is 13.0 Å². The van der Waals surface area contributed by atoms with E-state index in [1.165, 1.54) is 18.4 Å². The molecule has 1 aromatic rings. The maximum atomic E-state index is 6.48. The van der Waals surface area contributed by atoms with Crippen molar-refractivity contribution >= 4 is 11.6 Å². The number of ether oxygens (including phenoxy) is 1. The molecule has 3 atom stereocenters. The summed E-state index contributed by atoms with van der Waals surface area (Å²) < 4.78 is 5.65. The minimum Gasteiger partial charge on any atom is -0.378 e. The second-order valence-electron chi connectivity index (χ2n) is 4.66. The zero-order valence-corrected chi connectivity index (χ0v) is 10.5. The van der Waals surface area contributed by atoms with Gasteiger partial charge in [-0.25, -0.2) is 0 Å². The van der Waals surface area contributed by atoms with E-state index in [4.69, 9.17) is 16.3 Å². The lowest BCUT2D eigenvalue weighted by atomic mass is 9.94. The Morgan fingerprint density at radius 3 is 2.75 bits per heavy atom. The monoisotopic (exact) mass is 238 g/mol. The van der Waals surface area contributed by atoms with Crippen molar-refractivity contribution in [1.82, 2.24) is 0 Å². The molecule has 0 aromatic heterocycles. The second-order valence-corrected chi connectivity index (χ2v) is 5.13. The Kier molecular flexibility index (Phi) is 4.25. The van der Waals surface area contributed by atoms with Crippen LogP contribution in [0.2, 0.25) is 0 Å². The van der Waals surface area contributed by atoms with Crippen LogP contribution in [0.1, 0.15) is 37.1 Å². The Balaban J connectivity index is 1.91. The van der Waals surface area contributed by atoms with Crippen molar-refractivity contribution in [2.45, 2.75) is 37.7 Å². The van der Waals surface area contributed by atoms with Gasteiger partial charge in [0.25, 0.3) is 0 Å². The maximum Gasteiger partial charge on any atom is 0.0611 e. The average molecular weight is 239 g/mol. The Bertz CT molecular complexity index is 306. The molecule has 1 fully saturated rings. The molecule has 1 aliphatic rings. The number of halogens is 1. The fraction of sp³-hybridized carbons (Fsp3) is 0.571. The molecule has 0 amide bonds. The number of hydrogen-bond donors (Lipinski definition) is 0. The molecular weight excluding hydrogens is 220 g/mol. The van der Waals surface area contributed by atoms with Gasteiger partial charge in [0.1, 0.15) is 0 Å². The number of benzene rings is 1. The summed E-state index contributed by atoms with van der Waals surface area (Å²) in [6.07, 6.45) is 3.90. The molecule has 0 saturated carbocycles. The largest absolute Gasteiger partial charge is 0.378 e. The van der Waals surface area contributed by atoms with Crippen LogP contribution < -0.4 is 0 Å². The van der Waals surface area contributed by atoms with E-state index in [1.54, 1.807) is 0 Å². The summed E-state index contributed by atoms with van der Waals surface area (Å²) in [5.74, 6) is 0.465. The third-order valence-electron chi connectivity index (χ3n) is 3.28. The highest BCUT2D eigenvalue weighted by Gasteiger charge is 2.23. The quantitative estimate of drug-likeness (QED) is 0.716. The summed E-state index contributed by atoms with van der Waals surface area (Å²) in [6, 6.07) is 10.3. The highest BCUT2D eigenvalue weighted by Crippen LogP contribution is 2.33. The smallest absolute Gasteiger partial charge is 0.0611 e. The molecule has 0 bridgehead atoms. The number of rotatable bonds is 4. The predicted molar refractivity (Wildman–Crippen MR) is 67.8 cm³/mol. The summed E-state index contributed by atoms with van der Waals surface area (Å²) in [5, 5.41) is 0.102. The van der Waals surface area contributed by atoms with Crippen molar-refractivity contribution in [2.24, 2.45) is 5.92 Å². The van der Waals surface area contributed by atoms with Gasteiger partial charge in [-0.05, 0) is 30.7 Å². The van der Waals surface area contributed by atoms with E-state index in [0.29, 0.717) is 12.0 Å². The maximum absolute atomic E-state index is 6.48. The molecule has 1 aromatic carbocycles. The number of alkyl halides is 1. The lowest BCUT2D eigenvalue weighted by Gasteiger charge is -2.21. The van der Waals surface area contributed by atoms with Gasteiger partial charge < -0.3 is 4.74 Å². The Hall–Kier alpha value is -0.530. The topological polar surface area (TPSA) is 9.23 Å². The molecule has 1 nitrogen and oxygen atoms in total. The molecule has 0 aliphatic carbocycles. The minimum absolute atomic E-state index is 0.102. The Morgan fingerprint density at radius 1 is 1.38 bits per heavy atom. The van der Waals surface area contributed by atoms with Crippen LogP contribution in [0.5, 0.6) is 0 Å².